The lowest BCUT2D eigenvalue weighted by molar-refractivity contribution is 0.0743. The van der Waals surface area contributed by atoms with E-state index in [0.717, 1.165) is 5.82 Å². The maximum atomic E-state index is 12.8. The van der Waals surface area contributed by atoms with E-state index in [1.807, 2.05) is 12.1 Å². The van der Waals surface area contributed by atoms with Crippen LogP contribution in [0.15, 0.2) is 30.5 Å². The van der Waals surface area contributed by atoms with Crippen molar-refractivity contribution < 1.29 is 9.53 Å². The van der Waals surface area contributed by atoms with Crippen LogP contribution in [-0.4, -0.2) is 49.1 Å². The zero-order valence-corrected chi connectivity index (χ0v) is 15.2. The smallest absolute Gasteiger partial charge is 0.257 e. The second-order valence-corrected chi connectivity index (χ2v) is 6.53. The first-order chi connectivity index (χ1) is 12.0. The fraction of sp³-hybridized carbons (Fsp3) is 0.294. The quantitative estimate of drug-likeness (QED) is 0.828. The van der Waals surface area contributed by atoms with Crippen LogP contribution in [0.3, 0.4) is 0 Å². The maximum Gasteiger partial charge on any atom is 0.257 e. The zero-order valence-electron chi connectivity index (χ0n) is 13.7. The minimum absolute atomic E-state index is 0.123. The van der Waals surface area contributed by atoms with E-state index < -0.39 is 0 Å². The second kappa shape index (κ2) is 7.37. The SMILES string of the molecule is COc1cc(N)c(Cl)cc1C(=O)N1CCN(c2ccc(Cl)cn2)CC1. The number of hydrogen-bond acceptors (Lipinski definition) is 5. The van der Waals surface area contributed by atoms with Crippen LogP contribution in [0.25, 0.3) is 0 Å². The van der Waals surface area contributed by atoms with Crippen molar-refractivity contribution in [3.05, 3.63) is 46.1 Å². The fourth-order valence-electron chi connectivity index (χ4n) is 2.77. The standard InChI is InChI=1S/C17H18Cl2N4O2/c1-25-15-9-14(20)13(19)8-12(15)17(24)23-6-4-22(5-7-23)16-3-2-11(18)10-21-16/h2-3,8-10H,4-7,20H2,1H3. The average molecular weight is 381 g/mol. The molecule has 0 atom stereocenters. The summed E-state index contributed by atoms with van der Waals surface area (Å²) in [6.45, 7) is 2.53. The molecule has 1 aromatic heterocycles. The van der Waals surface area contributed by atoms with E-state index in [9.17, 15) is 4.79 Å². The van der Waals surface area contributed by atoms with E-state index in [2.05, 4.69) is 9.88 Å². The molecule has 0 spiro atoms. The second-order valence-electron chi connectivity index (χ2n) is 5.69. The van der Waals surface area contributed by atoms with Crippen molar-refractivity contribution in [1.29, 1.82) is 0 Å². The molecule has 25 heavy (non-hydrogen) atoms. The van der Waals surface area contributed by atoms with Gasteiger partial charge in [0.1, 0.15) is 11.6 Å². The molecule has 3 rings (SSSR count). The molecule has 8 heteroatoms. The topological polar surface area (TPSA) is 71.7 Å². The minimum atomic E-state index is -0.123. The molecule has 2 aromatic rings. The lowest BCUT2D eigenvalue weighted by Gasteiger charge is -2.35. The lowest BCUT2D eigenvalue weighted by atomic mass is 10.1. The highest BCUT2D eigenvalue weighted by atomic mass is 35.5. The Labute approximate surface area is 156 Å². The molecule has 132 valence electrons. The number of nitrogens with zero attached hydrogens (tertiary/aromatic N) is 3. The molecular formula is C17H18Cl2N4O2. The van der Waals surface area contributed by atoms with E-state index in [1.165, 1.54) is 7.11 Å². The lowest BCUT2D eigenvalue weighted by Crippen LogP contribution is -2.49. The van der Waals surface area contributed by atoms with Gasteiger partial charge in [0.05, 0.1) is 28.4 Å². The maximum absolute atomic E-state index is 12.8. The van der Waals surface area contributed by atoms with Crippen LogP contribution in [0.1, 0.15) is 10.4 Å². The van der Waals surface area contributed by atoms with Gasteiger partial charge in [-0.1, -0.05) is 23.2 Å². The predicted octanol–water partition coefficient (Wildman–Crippen LogP) is 2.94. The van der Waals surface area contributed by atoms with Crippen LogP contribution < -0.4 is 15.4 Å². The molecule has 1 aliphatic rings. The summed E-state index contributed by atoms with van der Waals surface area (Å²) < 4.78 is 5.28. The molecule has 0 unspecified atom stereocenters. The van der Waals surface area contributed by atoms with Gasteiger partial charge in [-0.05, 0) is 18.2 Å². The van der Waals surface area contributed by atoms with Crippen molar-refractivity contribution in [3.63, 3.8) is 0 Å². The number of carbonyl (C=O) groups is 1. The number of benzene rings is 1. The number of rotatable bonds is 3. The average Bonchev–Trinajstić information content (AvgIpc) is 2.64. The zero-order chi connectivity index (χ0) is 18.0. The number of nitrogen functional groups attached to an aromatic ring is 1. The molecule has 0 radical (unpaired) electrons. The highest BCUT2D eigenvalue weighted by Gasteiger charge is 2.25. The molecule has 1 amide bonds. The largest absolute Gasteiger partial charge is 0.496 e. The molecule has 0 saturated carbocycles. The number of piperazine rings is 1. The Balaban J connectivity index is 1.71. The van der Waals surface area contributed by atoms with E-state index in [0.29, 0.717) is 53.2 Å². The number of anilines is 2. The van der Waals surface area contributed by atoms with Crippen LogP contribution in [0, 0.1) is 0 Å². The van der Waals surface area contributed by atoms with Crippen molar-refractivity contribution in [2.45, 2.75) is 0 Å². The van der Waals surface area contributed by atoms with Crippen molar-refractivity contribution in [3.8, 4) is 5.75 Å². The molecule has 1 fully saturated rings. The van der Waals surface area contributed by atoms with E-state index in [-0.39, 0.29) is 5.91 Å². The molecule has 2 heterocycles. The van der Waals surface area contributed by atoms with E-state index >= 15 is 0 Å². The molecule has 1 aliphatic heterocycles. The van der Waals surface area contributed by atoms with Crippen LogP contribution in [-0.2, 0) is 0 Å². The fourth-order valence-corrected chi connectivity index (χ4v) is 3.04. The van der Waals surface area contributed by atoms with Gasteiger partial charge in [-0.2, -0.15) is 0 Å². The van der Waals surface area contributed by atoms with Crippen LogP contribution in [0.2, 0.25) is 10.0 Å². The molecule has 2 N–H and O–H groups in total. The van der Waals surface area contributed by atoms with Crippen molar-refractivity contribution in [2.24, 2.45) is 0 Å². The Bertz CT molecular complexity index is 775. The van der Waals surface area contributed by atoms with Gasteiger partial charge in [0.2, 0.25) is 0 Å². The van der Waals surface area contributed by atoms with Gasteiger partial charge in [-0.3, -0.25) is 4.79 Å². The number of nitrogens with two attached hydrogens (primary N) is 1. The van der Waals surface area contributed by atoms with Gasteiger partial charge < -0.3 is 20.3 Å². The summed E-state index contributed by atoms with van der Waals surface area (Å²) in [6.07, 6.45) is 1.62. The summed E-state index contributed by atoms with van der Waals surface area (Å²) >= 11 is 11.9. The summed E-state index contributed by atoms with van der Waals surface area (Å²) in [7, 11) is 1.50. The third-order valence-corrected chi connectivity index (χ3v) is 4.70. The van der Waals surface area contributed by atoms with Gasteiger partial charge in [0.25, 0.3) is 5.91 Å². The van der Waals surface area contributed by atoms with Crippen molar-refractivity contribution in [1.82, 2.24) is 9.88 Å². The number of methoxy groups -OCH3 is 1. The first-order valence-electron chi connectivity index (χ1n) is 7.78. The van der Waals surface area contributed by atoms with E-state index in [1.54, 1.807) is 23.2 Å². The first kappa shape index (κ1) is 17.6. The minimum Gasteiger partial charge on any atom is -0.496 e. The number of amides is 1. The van der Waals surface area contributed by atoms with E-state index in [4.69, 9.17) is 33.7 Å². The first-order valence-corrected chi connectivity index (χ1v) is 8.54. The Kier molecular flexibility index (Phi) is 5.20. The van der Waals surface area contributed by atoms with Gasteiger partial charge in [-0.15, -0.1) is 0 Å². The predicted molar refractivity (Wildman–Crippen MR) is 99.8 cm³/mol. The summed E-state index contributed by atoms with van der Waals surface area (Å²) in [5, 5.41) is 0.943. The Morgan fingerprint density at radius 1 is 1.20 bits per heavy atom. The van der Waals surface area contributed by atoms with Crippen LogP contribution in [0.4, 0.5) is 11.5 Å². The van der Waals surface area contributed by atoms with Crippen LogP contribution >= 0.6 is 23.2 Å². The molecule has 1 aromatic carbocycles. The van der Waals surface area contributed by atoms with Gasteiger partial charge in [0.15, 0.2) is 0 Å². The Hall–Kier alpha value is -2.18. The van der Waals surface area contributed by atoms with Gasteiger partial charge in [0, 0.05) is 38.4 Å². The third kappa shape index (κ3) is 3.75. The summed E-state index contributed by atoms with van der Waals surface area (Å²) in [5.41, 5.74) is 6.58. The highest BCUT2D eigenvalue weighted by molar-refractivity contribution is 6.33. The number of pyridine rings is 1. The number of hydrogen-bond donors (Lipinski definition) is 1. The van der Waals surface area contributed by atoms with Gasteiger partial charge >= 0.3 is 0 Å². The third-order valence-electron chi connectivity index (χ3n) is 4.15. The van der Waals surface area contributed by atoms with Crippen LogP contribution in [0.5, 0.6) is 5.75 Å². The Morgan fingerprint density at radius 2 is 1.92 bits per heavy atom. The van der Waals surface area contributed by atoms with Gasteiger partial charge in [-0.25, -0.2) is 4.98 Å². The monoisotopic (exact) mass is 380 g/mol. The van der Waals surface area contributed by atoms with Crippen molar-refractivity contribution >= 4 is 40.6 Å². The normalized spacial score (nSPS) is 14.5. The molecular weight excluding hydrogens is 363 g/mol. The number of halogens is 2. The molecule has 0 bridgehead atoms. The molecule has 1 saturated heterocycles. The number of carbonyl (C=O) groups excluding carboxylic acids is 1. The molecule has 0 aliphatic carbocycles. The summed E-state index contributed by atoms with van der Waals surface area (Å²) in [5.74, 6) is 1.15. The van der Waals surface area contributed by atoms with Crippen molar-refractivity contribution in [2.75, 3.05) is 43.9 Å². The number of aromatic nitrogens is 1. The Morgan fingerprint density at radius 3 is 2.52 bits per heavy atom. The highest BCUT2D eigenvalue weighted by Crippen LogP contribution is 2.30. The summed E-state index contributed by atoms with van der Waals surface area (Å²) in [4.78, 5) is 21.0. The molecule has 6 nitrogen and oxygen atoms in total. The number of ether oxygens (including phenoxy) is 1. The summed E-state index contributed by atoms with van der Waals surface area (Å²) in [6, 6.07) is 6.82.